The van der Waals surface area contributed by atoms with Gasteiger partial charge in [-0.1, -0.05) is 255 Å². The normalized spacial score (nSPS) is 12.3. The number of fused-ring (bicyclic) bond motifs is 10. The summed E-state index contributed by atoms with van der Waals surface area (Å²) in [5.41, 5.74) is 23.8. The Morgan fingerprint density at radius 1 is 0.231 bits per heavy atom. The van der Waals surface area contributed by atoms with Gasteiger partial charge in [0.25, 0.3) is 6.71 Å². The summed E-state index contributed by atoms with van der Waals surface area (Å²) in [5, 5.41) is 9.47. The number of rotatable bonds is 9. The summed E-state index contributed by atoms with van der Waals surface area (Å²) in [6.07, 6.45) is 0. The smallest absolute Gasteiger partial charge is 0.252 e. The molecule has 0 fully saturated rings. The van der Waals surface area contributed by atoms with E-state index < -0.39 is 0 Å². The quantitative estimate of drug-likeness (QED) is 0.106. The van der Waals surface area contributed by atoms with Crippen LogP contribution in [-0.2, 0) is 0 Å². The summed E-state index contributed by atoms with van der Waals surface area (Å²) < 4.78 is 0. The van der Waals surface area contributed by atoms with E-state index in [2.05, 4.69) is 343 Å². The van der Waals surface area contributed by atoms with E-state index in [0.29, 0.717) is 5.82 Å². The molecule has 0 atom stereocenters. The Kier molecular flexibility index (Phi) is 12.3. The Morgan fingerprint density at radius 3 is 0.901 bits per heavy atom. The zero-order chi connectivity index (χ0) is 59.9. The first kappa shape index (κ1) is 52.2. The number of anilines is 6. The fourth-order valence-electron chi connectivity index (χ4n) is 14.4. The Morgan fingerprint density at radius 2 is 0.549 bits per heavy atom. The van der Waals surface area contributed by atoms with Gasteiger partial charge in [-0.05, 0) is 172 Å². The van der Waals surface area contributed by atoms with Crippen LogP contribution < -0.4 is 26.2 Å². The van der Waals surface area contributed by atoms with Crippen LogP contribution in [-0.4, -0.2) is 16.7 Å². The van der Waals surface area contributed by atoms with Gasteiger partial charge in [0.15, 0.2) is 5.82 Å². The number of nitrogens with zero attached hydrogens (tertiary/aromatic N) is 4. The molecule has 2 aliphatic heterocycles. The third kappa shape index (κ3) is 9.00. The van der Waals surface area contributed by atoms with Crippen molar-refractivity contribution in [3.8, 4) is 78.4 Å². The maximum Gasteiger partial charge on any atom is 0.252 e. The molecule has 0 saturated carbocycles. The molecule has 422 valence electrons. The van der Waals surface area contributed by atoms with Crippen molar-refractivity contribution in [2.75, 3.05) is 9.80 Å². The highest BCUT2D eigenvalue weighted by atomic mass is 15.2. The molecular weight excluding hydrogens is 1100 g/mol. The highest BCUT2D eigenvalue weighted by molar-refractivity contribution is 7.00. The van der Waals surface area contributed by atoms with Gasteiger partial charge in [-0.2, -0.15) is 0 Å². The zero-order valence-corrected chi connectivity index (χ0v) is 49.6. The van der Waals surface area contributed by atoms with Gasteiger partial charge in [-0.15, -0.1) is 0 Å². The summed E-state index contributed by atoms with van der Waals surface area (Å²) in [6.45, 7) is -0.225. The molecule has 0 spiro atoms. The van der Waals surface area contributed by atoms with Crippen molar-refractivity contribution in [3.63, 3.8) is 0 Å². The molecule has 0 bridgehead atoms. The maximum absolute atomic E-state index is 5.68. The van der Waals surface area contributed by atoms with E-state index in [1.165, 1.54) is 59.5 Å². The van der Waals surface area contributed by atoms with Crippen LogP contribution in [0.2, 0.25) is 0 Å². The van der Waals surface area contributed by atoms with Gasteiger partial charge in [-0.25, -0.2) is 9.97 Å². The monoisotopic (exact) mass is 1150 g/mol. The molecule has 0 radical (unpaired) electrons. The minimum absolute atomic E-state index is 0.225. The van der Waals surface area contributed by atoms with Crippen molar-refractivity contribution < 1.29 is 0 Å². The van der Waals surface area contributed by atoms with E-state index in [1.54, 1.807) is 0 Å². The van der Waals surface area contributed by atoms with E-state index in [4.69, 9.17) is 9.97 Å². The Balaban J connectivity index is 1.03. The van der Waals surface area contributed by atoms with E-state index in [0.717, 1.165) is 107 Å². The second kappa shape index (κ2) is 21.4. The molecule has 0 aliphatic carbocycles. The fourth-order valence-corrected chi connectivity index (χ4v) is 14.4. The molecule has 15 aromatic carbocycles. The molecule has 0 unspecified atom stereocenters. The first-order valence-corrected chi connectivity index (χ1v) is 31.3. The zero-order valence-electron chi connectivity index (χ0n) is 49.6. The predicted octanol–water partition coefficient (Wildman–Crippen LogP) is 20.8. The lowest BCUT2D eigenvalue weighted by Gasteiger charge is -2.45. The van der Waals surface area contributed by atoms with E-state index >= 15 is 0 Å². The average molecular weight is 1160 g/mol. The Bertz CT molecular complexity index is 5080. The van der Waals surface area contributed by atoms with Gasteiger partial charge in [0.05, 0.1) is 11.4 Å². The molecule has 1 aromatic heterocycles. The van der Waals surface area contributed by atoms with Crippen LogP contribution in [0.15, 0.2) is 334 Å². The molecule has 3 heterocycles. The van der Waals surface area contributed by atoms with Gasteiger partial charge in [0.2, 0.25) is 0 Å². The standard InChI is InChI=1S/C86H55BN4/c1-7-23-56(24-8-1)68-45-69(57-25-9-2-10-26-57)48-73(47-68)90-81-53-72(86-88-79(60-31-15-5-16-32-60)55-80(89-86)61-33-17-6-18-34-61)54-82-83(81)87(77-41-39-66-43-62-35-19-21-37-64(62)51-75(66)84(77)90)78-42-40-67-44-63-36-20-22-38-65(63)52-76(67)85(78)91(82)74-49-70(58-27-11-3-12-28-58)46-71(50-74)59-29-13-4-14-30-59/h1-55H. The lowest BCUT2D eigenvalue weighted by Crippen LogP contribution is -2.61. The predicted molar refractivity (Wildman–Crippen MR) is 384 cm³/mol. The highest BCUT2D eigenvalue weighted by Crippen LogP contribution is 2.52. The van der Waals surface area contributed by atoms with Gasteiger partial charge in [0.1, 0.15) is 0 Å². The summed E-state index contributed by atoms with van der Waals surface area (Å²) in [4.78, 5) is 16.6. The summed E-state index contributed by atoms with van der Waals surface area (Å²) >= 11 is 0. The highest BCUT2D eigenvalue weighted by Gasteiger charge is 2.45. The first-order valence-electron chi connectivity index (χ1n) is 31.3. The number of hydrogen-bond donors (Lipinski definition) is 0. The molecule has 0 N–H and O–H groups in total. The van der Waals surface area contributed by atoms with E-state index in [-0.39, 0.29) is 6.71 Å². The van der Waals surface area contributed by atoms with Gasteiger partial charge < -0.3 is 9.80 Å². The molecule has 5 heteroatoms. The number of benzene rings is 15. The maximum atomic E-state index is 5.68. The number of aromatic nitrogens is 2. The van der Waals surface area contributed by atoms with Crippen molar-refractivity contribution in [1.82, 2.24) is 9.97 Å². The van der Waals surface area contributed by atoms with Crippen LogP contribution in [0.1, 0.15) is 0 Å². The second-order valence-corrected chi connectivity index (χ2v) is 24.1. The van der Waals surface area contributed by atoms with Gasteiger partial charge in [0, 0.05) is 61.6 Å². The van der Waals surface area contributed by atoms with Crippen LogP contribution >= 0.6 is 0 Å². The average Bonchev–Trinajstić information content (AvgIpc) is 0.702. The van der Waals surface area contributed by atoms with Gasteiger partial charge >= 0.3 is 0 Å². The van der Waals surface area contributed by atoms with Crippen molar-refractivity contribution in [2.45, 2.75) is 0 Å². The van der Waals surface area contributed by atoms with Crippen LogP contribution in [0.3, 0.4) is 0 Å². The molecule has 18 rings (SSSR count). The van der Waals surface area contributed by atoms with Crippen molar-refractivity contribution in [3.05, 3.63) is 334 Å². The SMILES string of the molecule is c1ccc(-c2cc(-c3ccccc3)cc(N3c4cc(-c5nc(-c6ccccc6)cc(-c6ccccc6)n5)cc5c4B(c4ccc6cc7ccccc7cc6c43)c3ccc4cc6ccccc6cc4c3N5c3cc(-c4ccccc4)cc(-c4ccccc4)c3)c2)cc1. The van der Waals surface area contributed by atoms with Crippen LogP contribution in [0, 0.1) is 0 Å². The third-order valence-corrected chi connectivity index (χ3v) is 18.7. The fraction of sp³-hybridized carbons (Fsp3) is 0. The molecule has 2 aliphatic rings. The van der Waals surface area contributed by atoms with Gasteiger partial charge in [-0.3, -0.25) is 0 Å². The summed E-state index contributed by atoms with van der Waals surface area (Å²) in [7, 11) is 0. The molecule has 4 nitrogen and oxygen atoms in total. The third-order valence-electron chi connectivity index (χ3n) is 18.7. The lowest BCUT2D eigenvalue weighted by atomic mass is 9.33. The Hall–Kier alpha value is -11.9. The minimum Gasteiger partial charge on any atom is -0.311 e. The molecular formula is C86H55BN4. The lowest BCUT2D eigenvalue weighted by molar-refractivity contribution is 1.18. The van der Waals surface area contributed by atoms with E-state index in [1.807, 2.05) is 0 Å². The molecule has 16 aromatic rings. The first-order chi connectivity index (χ1) is 45.1. The molecule has 91 heavy (non-hydrogen) atoms. The summed E-state index contributed by atoms with van der Waals surface area (Å²) in [5.74, 6) is 0.631. The molecule has 0 amide bonds. The van der Waals surface area contributed by atoms with Crippen molar-refractivity contribution in [2.24, 2.45) is 0 Å². The molecule has 0 saturated heterocycles. The Labute approximate surface area is 529 Å². The van der Waals surface area contributed by atoms with Crippen molar-refractivity contribution >= 4 is 100 Å². The second-order valence-electron chi connectivity index (χ2n) is 24.1. The minimum atomic E-state index is -0.225. The topological polar surface area (TPSA) is 32.3 Å². The van der Waals surface area contributed by atoms with Crippen molar-refractivity contribution in [1.29, 1.82) is 0 Å². The van der Waals surface area contributed by atoms with Crippen LogP contribution in [0.4, 0.5) is 34.1 Å². The largest absolute Gasteiger partial charge is 0.311 e. The van der Waals surface area contributed by atoms with Crippen LogP contribution in [0.5, 0.6) is 0 Å². The number of hydrogen-bond acceptors (Lipinski definition) is 4. The van der Waals surface area contributed by atoms with Crippen LogP contribution in [0.25, 0.3) is 122 Å². The van der Waals surface area contributed by atoms with E-state index in [9.17, 15) is 0 Å². The summed E-state index contributed by atoms with van der Waals surface area (Å²) in [6, 6.07) is 123.